The topological polar surface area (TPSA) is 85.1 Å². The van der Waals surface area contributed by atoms with E-state index < -0.39 is 10.0 Å². The van der Waals surface area contributed by atoms with Gasteiger partial charge < -0.3 is 5.73 Å². The molecule has 106 valence electrons. The predicted octanol–water partition coefficient (Wildman–Crippen LogP) is 2.62. The first-order valence-electron chi connectivity index (χ1n) is 6.27. The smallest absolute Gasteiger partial charge is 0.261 e. The summed E-state index contributed by atoms with van der Waals surface area (Å²) in [7, 11) is -3.68. The molecule has 0 aliphatic rings. The molecule has 0 fully saturated rings. The largest absolute Gasteiger partial charge is 0.399 e. The Morgan fingerprint density at radius 3 is 2.67 bits per heavy atom. The third kappa shape index (κ3) is 2.66. The Labute approximate surface area is 122 Å². The third-order valence-corrected chi connectivity index (χ3v) is 4.46. The Kier molecular flexibility index (Phi) is 3.23. The van der Waals surface area contributed by atoms with Crippen LogP contribution in [-0.4, -0.2) is 13.4 Å². The van der Waals surface area contributed by atoms with Gasteiger partial charge in [-0.05, 0) is 30.3 Å². The number of anilines is 2. The minimum absolute atomic E-state index is 0.133. The molecule has 0 bridgehead atoms. The molecule has 5 nitrogen and oxygen atoms in total. The molecule has 0 spiro atoms. The lowest BCUT2D eigenvalue weighted by atomic mass is 10.1. The number of benzene rings is 2. The van der Waals surface area contributed by atoms with E-state index in [1.807, 2.05) is 6.07 Å². The summed E-state index contributed by atoms with van der Waals surface area (Å²) in [5.41, 5.74) is 6.55. The Hall–Kier alpha value is -2.60. The molecule has 3 aromatic rings. The van der Waals surface area contributed by atoms with Crippen LogP contribution in [0.3, 0.4) is 0 Å². The maximum absolute atomic E-state index is 12.4. The Bertz CT molecular complexity index is 902. The van der Waals surface area contributed by atoms with Crippen molar-refractivity contribution in [1.82, 2.24) is 4.98 Å². The van der Waals surface area contributed by atoms with Crippen LogP contribution in [0.15, 0.2) is 65.8 Å². The highest BCUT2D eigenvalue weighted by Crippen LogP contribution is 2.25. The fourth-order valence-electron chi connectivity index (χ4n) is 2.10. The summed E-state index contributed by atoms with van der Waals surface area (Å²) in [6.45, 7) is 0. The number of hydrogen-bond acceptors (Lipinski definition) is 4. The van der Waals surface area contributed by atoms with Crippen molar-refractivity contribution in [2.45, 2.75) is 4.90 Å². The molecule has 0 aliphatic carbocycles. The number of nitrogens with two attached hydrogens (primary N) is 1. The van der Waals surface area contributed by atoms with E-state index in [1.54, 1.807) is 42.7 Å². The van der Waals surface area contributed by atoms with Crippen LogP contribution < -0.4 is 10.5 Å². The van der Waals surface area contributed by atoms with E-state index in [1.165, 1.54) is 12.1 Å². The summed E-state index contributed by atoms with van der Waals surface area (Å²) in [6, 6.07) is 13.3. The van der Waals surface area contributed by atoms with Crippen molar-refractivity contribution in [2.24, 2.45) is 0 Å². The van der Waals surface area contributed by atoms with Gasteiger partial charge in [0.05, 0.1) is 10.6 Å². The number of aromatic nitrogens is 1. The lowest BCUT2D eigenvalue weighted by Crippen LogP contribution is -2.13. The van der Waals surface area contributed by atoms with Crippen LogP contribution in [0.1, 0.15) is 0 Å². The van der Waals surface area contributed by atoms with Gasteiger partial charge in [0.1, 0.15) is 0 Å². The zero-order chi connectivity index (χ0) is 14.9. The van der Waals surface area contributed by atoms with Gasteiger partial charge in [0.15, 0.2) is 0 Å². The molecule has 0 radical (unpaired) electrons. The molecule has 0 aliphatic heterocycles. The van der Waals surface area contributed by atoms with Crippen LogP contribution in [0.25, 0.3) is 10.8 Å². The van der Waals surface area contributed by atoms with Gasteiger partial charge in [-0.2, -0.15) is 0 Å². The average molecular weight is 299 g/mol. The number of rotatable bonds is 3. The van der Waals surface area contributed by atoms with E-state index in [0.29, 0.717) is 11.4 Å². The van der Waals surface area contributed by atoms with Crippen molar-refractivity contribution in [1.29, 1.82) is 0 Å². The molecule has 6 heteroatoms. The Balaban J connectivity index is 2.06. The molecule has 3 N–H and O–H groups in total. The SMILES string of the molecule is Nc1cccc(S(=O)(=O)Nc2cccc3cnccc23)c1. The molecule has 0 atom stereocenters. The van der Waals surface area contributed by atoms with Crippen molar-refractivity contribution < 1.29 is 8.42 Å². The number of hydrogen-bond donors (Lipinski definition) is 2. The van der Waals surface area contributed by atoms with Crippen molar-refractivity contribution in [2.75, 3.05) is 10.5 Å². The number of sulfonamides is 1. The summed E-state index contributed by atoms with van der Waals surface area (Å²) >= 11 is 0. The van der Waals surface area contributed by atoms with Crippen molar-refractivity contribution >= 4 is 32.2 Å². The van der Waals surface area contributed by atoms with Crippen molar-refractivity contribution in [3.05, 3.63) is 60.9 Å². The quantitative estimate of drug-likeness (QED) is 0.728. The van der Waals surface area contributed by atoms with Gasteiger partial charge in [-0.1, -0.05) is 18.2 Å². The first-order valence-corrected chi connectivity index (χ1v) is 7.76. The number of fused-ring (bicyclic) bond motifs is 1. The van der Waals surface area contributed by atoms with E-state index >= 15 is 0 Å². The zero-order valence-corrected chi connectivity index (χ0v) is 11.8. The summed E-state index contributed by atoms with van der Waals surface area (Å²) in [5, 5.41) is 1.66. The van der Waals surface area contributed by atoms with E-state index in [2.05, 4.69) is 9.71 Å². The second kappa shape index (κ2) is 5.06. The van der Waals surface area contributed by atoms with Crippen LogP contribution >= 0.6 is 0 Å². The van der Waals surface area contributed by atoms with Gasteiger partial charge in [0.25, 0.3) is 10.0 Å². The lowest BCUT2D eigenvalue weighted by Gasteiger charge is -2.11. The standard InChI is InChI=1S/C15H13N3O2S/c16-12-4-2-5-13(9-12)21(19,20)18-15-6-1-3-11-10-17-8-7-14(11)15/h1-10,18H,16H2. The Morgan fingerprint density at radius 2 is 1.86 bits per heavy atom. The number of nitrogen functional groups attached to an aromatic ring is 1. The molecule has 0 saturated heterocycles. The summed E-state index contributed by atoms with van der Waals surface area (Å²) in [5.74, 6) is 0. The van der Waals surface area contributed by atoms with Gasteiger partial charge in [0, 0.05) is 28.9 Å². The van der Waals surface area contributed by atoms with E-state index in [9.17, 15) is 8.42 Å². The van der Waals surface area contributed by atoms with E-state index in [-0.39, 0.29) is 4.90 Å². The predicted molar refractivity (Wildman–Crippen MR) is 83.4 cm³/mol. The average Bonchev–Trinajstić information content (AvgIpc) is 2.47. The second-order valence-corrected chi connectivity index (χ2v) is 6.26. The highest BCUT2D eigenvalue weighted by Gasteiger charge is 2.15. The van der Waals surface area contributed by atoms with Crippen LogP contribution in [-0.2, 0) is 10.0 Å². The maximum Gasteiger partial charge on any atom is 0.261 e. The number of pyridine rings is 1. The van der Waals surface area contributed by atoms with E-state index in [4.69, 9.17) is 5.73 Å². The molecule has 21 heavy (non-hydrogen) atoms. The van der Waals surface area contributed by atoms with Crippen molar-refractivity contribution in [3.63, 3.8) is 0 Å². The van der Waals surface area contributed by atoms with Gasteiger partial charge in [-0.15, -0.1) is 0 Å². The highest BCUT2D eigenvalue weighted by atomic mass is 32.2. The fourth-order valence-corrected chi connectivity index (χ4v) is 3.23. The molecule has 0 amide bonds. The van der Waals surface area contributed by atoms with Crippen LogP contribution in [0.2, 0.25) is 0 Å². The molecule has 3 rings (SSSR count). The van der Waals surface area contributed by atoms with Crippen LogP contribution in [0, 0.1) is 0 Å². The minimum atomic E-state index is -3.68. The first kappa shape index (κ1) is 13.4. The summed E-state index contributed by atoms with van der Waals surface area (Å²) in [6.07, 6.45) is 3.31. The molecule has 0 unspecified atom stereocenters. The number of nitrogens with one attached hydrogen (secondary N) is 1. The normalized spacial score (nSPS) is 11.4. The summed E-state index contributed by atoms with van der Waals surface area (Å²) < 4.78 is 27.4. The molecule has 1 aromatic heterocycles. The van der Waals surface area contributed by atoms with E-state index in [0.717, 1.165) is 10.8 Å². The van der Waals surface area contributed by atoms with Gasteiger partial charge in [-0.25, -0.2) is 8.42 Å². The molecule has 0 saturated carbocycles. The lowest BCUT2D eigenvalue weighted by molar-refractivity contribution is 0.601. The van der Waals surface area contributed by atoms with Crippen LogP contribution in [0.4, 0.5) is 11.4 Å². The van der Waals surface area contributed by atoms with Gasteiger partial charge in [0.2, 0.25) is 0 Å². The van der Waals surface area contributed by atoms with Gasteiger partial charge >= 0.3 is 0 Å². The van der Waals surface area contributed by atoms with Gasteiger partial charge in [-0.3, -0.25) is 9.71 Å². The van der Waals surface area contributed by atoms with Crippen molar-refractivity contribution in [3.8, 4) is 0 Å². The zero-order valence-electron chi connectivity index (χ0n) is 11.0. The summed E-state index contributed by atoms with van der Waals surface area (Å²) in [4.78, 5) is 4.16. The first-order chi connectivity index (χ1) is 10.1. The molecular formula is C15H13N3O2S. The fraction of sp³-hybridized carbons (Fsp3) is 0. The minimum Gasteiger partial charge on any atom is -0.399 e. The second-order valence-electron chi connectivity index (χ2n) is 4.58. The maximum atomic E-state index is 12.4. The number of nitrogens with zero attached hydrogens (tertiary/aromatic N) is 1. The molecule has 2 aromatic carbocycles. The monoisotopic (exact) mass is 299 g/mol. The molecular weight excluding hydrogens is 286 g/mol. The Morgan fingerprint density at radius 1 is 1.05 bits per heavy atom. The molecule has 1 heterocycles. The van der Waals surface area contributed by atoms with Crippen LogP contribution in [0.5, 0.6) is 0 Å². The third-order valence-electron chi connectivity index (χ3n) is 3.09. The highest BCUT2D eigenvalue weighted by molar-refractivity contribution is 7.92.